The maximum atomic E-state index is 2.34. The van der Waals surface area contributed by atoms with E-state index in [4.69, 9.17) is 0 Å². The number of hydrogen-bond acceptors (Lipinski definition) is 0. The minimum Gasteiger partial charge on any atom is -1.00 e. The summed E-state index contributed by atoms with van der Waals surface area (Å²) in [5.74, 6) is 0. The van der Waals surface area contributed by atoms with Crippen molar-refractivity contribution in [3.63, 3.8) is 0 Å². The van der Waals surface area contributed by atoms with Crippen LogP contribution in [0.1, 0.15) is 13.3 Å². The van der Waals surface area contributed by atoms with E-state index in [9.17, 15) is 0 Å². The fraction of sp³-hybridized carbons (Fsp3) is 0.143. The average molecular weight is 429 g/mol. The van der Waals surface area contributed by atoms with Crippen LogP contribution >= 0.6 is 0 Å². The third-order valence-electron chi connectivity index (χ3n) is 4.15. The summed E-state index contributed by atoms with van der Waals surface area (Å²) in [4.78, 5) is 0. The first kappa shape index (κ1) is 18.0. The van der Waals surface area contributed by atoms with Crippen LogP contribution in [0.15, 0.2) is 91.0 Å². The molecule has 0 saturated carbocycles. The summed E-state index contributed by atoms with van der Waals surface area (Å²) in [6.07, 6.45) is 1.21. The van der Waals surface area contributed by atoms with Crippen molar-refractivity contribution in [2.24, 2.45) is 0 Å². The third-order valence-corrected chi connectivity index (χ3v) is 13.9. The minimum atomic E-state index is -2.36. The van der Waals surface area contributed by atoms with Gasteiger partial charge in [0.25, 0.3) is 0 Å². The Morgan fingerprint density at radius 3 is 1.13 bits per heavy atom. The molecule has 0 unspecified atom stereocenters. The van der Waals surface area contributed by atoms with Crippen LogP contribution < -0.4 is 30.0 Å². The molecule has 0 heterocycles. The van der Waals surface area contributed by atoms with Crippen LogP contribution in [0.3, 0.4) is 0 Å². The van der Waals surface area contributed by atoms with Gasteiger partial charge in [-0.25, -0.2) is 0 Å². The van der Waals surface area contributed by atoms with Gasteiger partial charge >= 0.3 is 136 Å². The average Bonchev–Trinajstić information content (AvgIpc) is 2.62. The maximum Gasteiger partial charge on any atom is -1.00 e. The summed E-state index contributed by atoms with van der Waals surface area (Å²) >= 11 is -2.36. The van der Waals surface area contributed by atoms with Crippen LogP contribution in [-0.2, 0) is 0 Å². The van der Waals surface area contributed by atoms with Crippen molar-refractivity contribution in [1.82, 2.24) is 0 Å². The van der Waals surface area contributed by atoms with Crippen molar-refractivity contribution >= 4 is 26.6 Å². The van der Waals surface area contributed by atoms with Gasteiger partial charge in [0.2, 0.25) is 0 Å². The van der Waals surface area contributed by atoms with E-state index in [2.05, 4.69) is 97.9 Å². The summed E-state index contributed by atoms with van der Waals surface area (Å²) in [6.45, 7) is 2.31. The van der Waals surface area contributed by atoms with E-state index in [0.717, 1.165) is 0 Å². The number of hydrogen-bond donors (Lipinski definition) is 0. The Labute approximate surface area is 152 Å². The predicted octanol–water partition coefficient (Wildman–Crippen LogP) is 0.571. The molecule has 0 aliphatic heterocycles. The topological polar surface area (TPSA) is 0 Å². The molecule has 0 saturated heterocycles. The van der Waals surface area contributed by atoms with Crippen molar-refractivity contribution < 1.29 is 17.0 Å². The molecule has 0 spiro atoms. The van der Waals surface area contributed by atoms with Gasteiger partial charge in [-0.1, -0.05) is 0 Å². The Morgan fingerprint density at radius 1 is 0.565 bits per heavy atom. The first-order valence-corrected chi connectivity index (χ1v) is 12.1. The molecule has 0 fully saturated rings. The summed E-state index contributed by atoms with van der Waals surface area (Å²) in [6, 6.07) is 33.5. The first-order valence-electron chi connectivity index (χ1n) is 7.93. The second-order valence-electron chi connectivity index (χ2n) is 5.54. The number of rotatable bonds is 5. The summed E-state index contributed by atoms with van der Waals surface area (Å²) in [5.41, 5.74) is 0. The van der Waals surface area contributed by atoms with Gasteiger partial charge in [0.15, 0.2) is 0 Å². The second-order valence-corrected chi connectivity index (χ2v) is 13.1. The zero-order valence-electron chi connectivity index (χ0n) is 13.4. The summed E-state index contributed by atoms with van der Waals surface area (Å²) in [5, 5.41) is 1.27. The Kier molecular flexibility index (Phi) is 6.69. The van der Waals surface area contributed by atoms with Crippen LogP contribution in [0.5, 0.6) is 0 Å². The van der Waals surface area contributed by atoms with Crippen LogP contribution in [-0.4, -0.2) is 13.6 Å². The molecule has 0 atom stereocenters. The van der Waals surface area contributed by atoms with Crippen molar-refractivity contribution in [3.05, 3.63) is 91.0 Å². The molecule has 0 aromatic heterocycles. The quantitative estimate of drug-likeness (QED) is 0.521. The monoisotopic (exact) mass is 428 g/mol. The van der Waals surface area contributed by atoms with Gasteiger partial charge in [0.05, 0.1) is 0 Å². The van der Waals surface area contributed by atoms with E-state index in [-0.39, 0.29) is 17.0 Å². The molecule has 2 heteroatoms. The van der Waals surface area contributed by atoms with E-state index >= 15 is 0 Å². The maximum absolute atomic E-state index is 2.36. The van der Waals surface area contributed by atoms with Crippen LogP contribution in [0.2, 0.25) is 5.21 Å². The molecule has 0 aliphatic carbocycles. The number of halogens is 1. The summed E-state index contributed by atoms with van der Waals surface area (Å²) in [7, 11) is 0. The summed E-state index contributed by atoms with van der Waals surface area (Å²) < 4.78 is 4.62. The van der Waals surface area contributed by atoms with Gasteiger partial charge in [-0.15, -0.1) is 0 Å². The van der Waals surface area contributed by atoms with Crippen molar-refractivity contribution in [3.8, 4) is 0 Å². The molecule has 0 N–H and O–H groups in total. The van der Waals surface area contributed by atoms with Crippen molar-refractivity contribution in [1.29, 1.82) is 0 Å². The van der Waals surface area contributed by atoms with Crippen LogP contribution in [0, 0.1) is 0 Å². The Bertz CT molecular complexity index is 599. The van der Waals surface area contributed by atoms with Gasteiger partial charge in [-0.05, 0) is 0 Å². The van der Waals surface area contributed by atoms with Crippen LogP contribution in [0.25, 0.3) is 0 Å². The largest absolute Gasteiger partial charge is 1.00 e. The normalized spacial score (nSPS) is 10.8. The van der Waals surface area contributed by atoms with Crippen molar-refractivity contribution in [2.75, 3.05) is 0 Å². The van der Waals surface area contributed by atoms with E-state index in [0.29, 0.717) is 0 Å². The molecule has 118 valence electrons. The van der Waals surface area contributed by atoms with Gasteiger partial charge in [-0.3, -0.25) is 0 Å². The van der Waals surface area contributed by atoms with E-state index in [1.807, 2.05) is 0 Å². The Morgan fingerprint density at radius 2 is 0.870 bits per heavy atom. The molecule has 0 aliphatic rings. The fourth-order valence-electron chi connectivity index (χ4n) is 3.22. The Balaban J connectivity index is 0.00000192. The second kappa shape index (κ2) is 8.52. The Hall–Kier alpha value is -1.30. The van der Waals surface area contributed by atoms with Gasteiger partial charge in [0, 0.05) is 0 Å². The molecule has 0 bridgehead atoms. The SMILES string of the molecule is CCC[As+](c1ccccc1)(c1ccccc1)c1ccccc1.[Br-]. The predicted molar refractivity (Wildman–Crippen MR) is 99.1 cm³/mol. The van der Waals surface area contributed by atoms with E-state index in [1.54, 1.807) is 13.1 Å². The van der Waals surface area contributed by atoms with E-state index in [1.165, 1.54) is 11.6 Å². The van der Waals surface area contributed by atoms with Crippen LogP contribution in [0.4, 0.5) is 0 Å². The van der Waals surface area contributed by atoms with Gasteiger partial charge in [-0.2, -0.15) is 0 Å². The van der Waals surface area contributed by atoms with Gasteiger partial charge in [0.1, 0.15) is 0 Å². The molecule has 3 aromatic carbocycles. The molecule has 3 aromatic rings. The molecule has 3 rings (SSSR count). The molecule has 0 radical (unpaired) electrons. The number of benzene rings is 3. The standard InChI is InChI=1S/C21H22As.BrH/c1-2-18-22(19-12-6-3-7-13-19,20-14-8-4-9-15-20)21-16-10-5-11-17-21;/h3-17H,2,18H2,1H3;1H/q+1;/p-1. The molecule has 23 heavy (non-hydrogen) atoms. The molecular weight excluding hydrogens is 407 g/mol. The minimum absolute atomic E-state index is 0. The smallest absolute Gasteiger partial charge is 1.00 e. The van der Waals surface area contributed by atoms with Crippen molar-refractivity contribution in [2.45, 2.75) is 18.6 Å². The molecular formula is C21H22AsBr. The zero-order chi connectivity index (χ0) is 15.3. The third kappa shape index (κ3) is 3.62. The van der Waals surface area contributed by atoms with Gasteiger partial charge < -0.3 is 17.0 Å². The fourth-order valence-corrected chi connectivity index (χ4v) is 12.4. The zero-order valence-corrected chi connectivity index (χ0v) is 16.9. The van der Waals surface area contributed by atoms with E-state index < -0.39 is 13.6 Å². The first-order chi connectivity index (χ1) is 10.9. The molecule has 0 amide bonds. The molecule has 0 nitrogen and oxygen atoms in total.